The van der Waals surface area contributed by atoms with Gasteiger partial charge in [-0.15, -0.1) is 0 Å². The van der Waals surface area contributed by atoms with Crippen LogP contribution in [0.5, 0.6) is 0 Å². The molecule has 1 aromatic heterocycles. The van der Waals surface area contributed by atoms with E-state index in [9.17, 15) is 0 Å². The van der Waals surface area contributed by atoms with E-state index < -0.39 is 0 Å². The second-order valence-corrected chi connectivity index (χ2v) is 5.51. The summed E-state index contributed by atoms with van der Waals surface area (Å²) in [4.78, 5) is 2.44. The Morgan fingerprint density at radius 3 is 2.68 bits per heavy atom. The normalized spacial score (nSPS) is 18.8. The van der Waals surface area contributed by atoms with Gasteiger partial charge in [0, 0.05) is 26.2 Å². The number of nitrogens with zero attached hydrogens (tertiary/aromatic N) is 1. The van der Waals surface area contributed by atoms with Crippen molar-refractivity contribution in [2.24, 2.45) is 11.7 Å². The van der Waals surface area contributed by atoms with Crippen LogP contribution in [0.3, 0.4) is 0 Å². The Labute approximate surface area is 115 Å². The van der Waals surface area contributed by atoms with Crippen molar-refractivity contribution >= 4 is 0 Å². The molecule has 0 aromatic carbocycles. The fraction of sp³-hybridized carbons (Fsp3) is 0.733. The average molecular weight is 266 g/mol. The van der Waals surface area contributed by atoms with Gasteiger partial charge < -0.3 is 14.9 Å². The molecule has 108 valence electrons. The van der Waals surface area contributed by atoms with Crippen LogP contribution in [0, 0.1) is 12.8 Å². The van der Waals surface area contributed by atoms with Gasteiger partial charge in [-0.3, -0.25) is 4.90 Å². The van der Waals surface area contributed by atoms with Gasteiger partial charge in [0.05, 0.1) is 12.6 Å². The monoisotopic (exact) mass is 266 g/mol. The number of rotatable bonds is 8. The van der Waals surface area contributed by atoms with E-state index in [0.717, 1.165) is 30.6 Å². The van der Waals surface area contributed by atoms with E-state index in [1.807, 2.05) is 19.1 Å². The molecule has 1 aliphatic carbocycles. The molecule has 1 aromatic rings. The van der Waals surface area contributed by atoms with Gasteiger partial charge in [-0.2, -0.15) is 0 Å². The minimum Gasteiger partial charge on any atom is -0.465 e. The van der Waals surface area contributed by atoms with Crippen molar-refractivity contribution in [1.29, 1.82) is 0 Å². The molecule has 4 nitrogen and oxygen atoms in total. The van der Waals surface area contributed by atoms with Gasteiger partial charge in [0.2, 0.25) is 0 Å². The lowest BCUT2D eigenvalue weighted by molar-refractivity contribution is 0.0745. The SMILES string of the molecule is COCCN(C(CN)c1ccc(C)o1)C(C)C1CC1. The van der Waals surface area contributed by atoms with E-state index in [-0.39, 0.29) is 6.04 Å². The average Bonchev–Trinajstić information content (AvgIpc) is 3.17. The number of furan rings is 1. The molecule has 2 N–H and O–H groups in total. The molecule has 0 spiro atoms. The quantitative estimate of drug-likeness (QED) is 0.784. The number of hydrogen-bond donors (Lipinski definition) is 1. The van der Waals surface area contributed by atoms with Crippen molar-refractivity contribution in [3.8, 4) is 0 Å². The Morgan fingerprint density at radius 2 is 2.21 bits per heavy atom. The molecule has 2 rings (SSSR count). The molecule has 0 amide bonds. The summed E-state index contributed by atoms with van der Waals surface area (Å²) < 4.78 is 11.0. The van der Waals surface area contributed by atoms with Crippen molar-refractivity contribution < 1.29 is 9.15 Å². The summed E-state index contributed by atoms with van der Waals surface area (Å²) >= 11 is 0. The van der Waals surface area contributed by atoms with Crippen LogP contribution in [0.4, 0.5) is 0 Å². The first-order valence-corrected chi connectivity index (χ1v) is 7.18. The Bertz CT molecular complexity index is 387. The fourth-order valence-electron chi connectivity index (χ4n) is 2.74. The van der Waals surface area contributed by atoms with Crippen LogP contribution in [0.25, 0.3) is 0 Å². The van der Waals surface area contributed by atoms with Crippen molar-refractivity contribution in [3.63, 3.8) is 0 Å². The molecule has 0 bridgehead atoms. The second-order valence-electron chi connectivity index (χ2n) is 5.51. The Morgan fingerprint density at radius 1 is 1.47 bits per heavy atom. The molecule has 0 saturated heterocycles. The third kappa shape index (κ3) is 3.59. The summed E-state index contributed by atoms with van der Waals surface area (Å²) in [7, 11) is 1.74. The molecule has 0 radical (unpaired) electrons. The number of methoxy groups -OCH3 is 1. The second kappa shape index (κ2) is 6.55. The van der Waals surface area contributed by atoms with Gasteiger partial charge in [-0.1, -0.05) is 0 Å². The highest BCUT2D eigenvalue weighted by atomic mass is 16.5. The van der Waals surface area contributed by atoms with Crippen LogP contribution >= 0.6 is 0 Å². The van der Waals surface area contributed by atoms with Gasteiger partial charge >= 0.3 is 0 Å². The Kier molecular flexibility index (Phi) is 5.02. The number of nitrogens with two attached hydrogens (primary N) is 1. The molecule has 1 fully saturated rings. The number of aryl methyl sites for hydroxylation is 1. The highest BCUT2D eigenvalue weighted by molar-refractivity contribution is 5.11. The molecule has 2 atom stereocenters. The van der Waals surface area contributed by atoms with Crippen LogP contribution in [0.1, 0.15) is 37.3 Å². The lowest BCUT2D eigenvalue weighted by atomic mass is 10.1. The van der Waals surface area contributed by atoms with E-state index >= 15 is 0 Å². The number of ether oxygens (including phenoxy) is 1. The summed E-state index contributed by atoms with van der Waals surface area (Å²) in [5.41, 5.74) is 6.00. The van der Waals surface area contributed by atoms with Crippen LogP contribution in [0.15, 0.2) is 16.5 Å². The minimum absolute atomic E-state index is 0.152. The summed E-state index contributed by atoms with van der Waals surface area (Å²) in [5, 5.41) is 0. The largest absolute Gasteiger partial charge is 0.465 e. The highest BCUT2D eigenvalue weighted by Gasteiger charge is 2.35. The predicted molar refractivity (Wildman–Crippen MR) is 76.0 cm³/mol. The maximum atomic E-state index is 6.00. The Hall–Kier alpha value is -0.840. The van der Waals surface area contributed by atoms with Crippen LogP contribution < -0.4 is 5.73 Å². The number of hydrogen-bond acceptors (Lipinski definition) is 4. The fourth-order valence-corrected chi connectivity index (χ4v) is 2.74. The third-order valence-corrected chi connectivity index (χ3v) is 4.09. The van der Waals surface area contributed by atoms with E-state index in [1.165, 1.54) is 12.8 Å². The molecule has 1 heterocycles. The standard InChI is InChI=1S/C15H26N2O2/c1-11-4-7-15(19-11)14(10-16)17(8-9-18-3)12(2)13-5-6-13/h4,7,12-14H,5-6,8-10,16H2,1-3H3. The van der Waals surface area contributed by atoms with E-state index in [4.69, 9.17) is 14.9 Å². The summed E-state index contributed by atoms with van der Waals surface area (Å²) in [5.74, 6) is 2.73. The lowest BCUT2D eigenvalue weighted by Gasteiger charge is -2.35. The first-order chi connectivity index (χ1) is 9.17. The zero-order valence-corrected chi connectivity index (χ0v) is 12.3. The highest BCUT2D eigenvalue weighted by Crippen LogP contribution is 2.38. The summed E-state index contributed by atoms with van der Waals surface area (Å²) in [6.07, 6.45) is 2.66. The summed E-state index contributed by atoms with van der Waals surface area (Å²) in [6, 6.07) is 4.74. The molecular formula is C15H26N2O2. The molecule has 1 aliphatic rings. The van der Waals surface area contributed by atoms with Crippen LogP contribution in [-0.4, -0.2) is 37.7 Å². The minimum atomic E-state index is 0.152. The maximum Gasteiger partial charge on any atom is 0.122 e. The van der Waals surface area contributed by atoms with Gasteiger partial charge in [0.25, 0.3) is 0 Å². The molecule has 0 aliphatic heterocycles. The van der Waals surface area contributed by atoms with Crippen LogP contribution in [-0.2, 0) is 4.74 Å². The maximum absolute atomic E-state index is 6.00. The molecule has 4 heteroatoms. The van der Waals surface area contributed by atoms with Crippen molar-refractivity contribution in [1.82, 2.24) is 4.90 Å². The first-order valence-electron chi connectivity index (χ1n) is 7.18. The van der Waals surface area contributed by atoms with E-state index in [2.05, 4.69) is 11.8 Å². The van der Waals surface area contributed by atoms with E-state index in [0.29, 0.717) is 12.6 Å². The zero-order valence-electron chi connectivity index (χ0n) is 12.3. The van der Waals surface area contributed by atoms with Crippen LogP contribution in [0.2, 0.25) is 0 Å². The van der Waals surface area contributed by atoms with Crippen molar-refractivity contribution in [2.45, 2.75) is 38.8 Å². The molecule has 2 unspecified atom stereocenters. The molecule has 1 saturated carbocycles. The van der Waals surface area contributed by atoms with Gasteiger partial charge in [0.1, 0.15) is 11.5 Å². The van der Waals surface area contributed by atoms with Crippen molar-refractivity contribution in [2.75, 3.05) is 26.8 Å². The predicted octanol–water partition coefficient (Wildman–Crippen LogP) is 2.33. The topological polar surface area (TPSA) is 51.6 Å². The summed E-state index contributed by atoms with van der Waals surface area (Å²) in [6.45, 7) is 6.48. The Balaban J connectivity index is 2.13. The van der Waals surface area contributed by atoms with Gasteiger partial charge in [0.15, 0.2) is 0 Å². The molecule has 19 heavy (non-hydrogen) atoms. The molecular weight excluding hydrogens is 240 g/mol. The van der Waals surface area contributed by atoms with Gasteiger partial charge in [-0.05, 0) is 44.7 Å². The van der Waals surface area contributed by atoms with Gasteiger partial charge in [-0.25, -0.2) is 0 Å². The first kappa shape index (κ1) is 14.6. The van der Waals surface area contributed by atoms with E-state index in [1.54, 1.807) is 7.11 Å². The van der Waals surface area contributed by atoms with Crippen molar-refractivity contribution in [3.05, 3.63) is 23.7 Å². The third-order valence-electron chi connectivity index (χ3n) is 4.09. The lowest BCUT2D eigenvalue weighted by Crippen LogP contribution is -2.42. The smallest absolute Gasteiger partial charge is 0.122 e. The zero-order chi connectivity index (χ0) is 13.8.